The van der Waals surface area contributed by atoms with Crippen LogP contribution in [0.3, 0.4) is 0 Å². The molecule has 5 rings (SSSR count). The number of fused-ring (bicyclic) bond motifs is 1. The van der Waals surface area contributed by atoms with E-state index in [1.165, 1.54) is 30.5 Å². The number of aliphatic hydroxyl groups is 1. The predicted molar refractivity (Wildman–Crippen MR) is 231 cm³/mol. The molecular weight excluding hydrogens is 906 g/mol. The van der Waals surface area contributed by atoms with Crippen molar-refractivity contribution in [3.63, 3.8) is 0 Å². The molecule has 1 aliphatic heterocycles. The van der Waals surface area contributed by atoms with E-state index in [0.717, 1.165) is 10.8 Å². The zero-order valence-corrected chi connectivity index (χ0v) is 40.9. The van der Waals surface area contributed by atoms with Crippen LogP contribution < -0.4 is 10.3 Å². The fraction of sp³-hybridized carbons (Fsp3) is 0.703. The Balaban J connectivity index is 1.60. The lowest BCUT2D eigenvalue weighted by atomic mass is 10.1. The average molecular weight is 964 g/mol. The van der Waals surface area contributed by atoms with Crippen molar-refractivity contribution in [1.29, 1.82) is 5.26 Å². The first-order valence-corrected chi connectivity index (χ1v) is 28.1. The molecule has 1 saturated carbocycles. The maximum Gasteiger partial charge on any atom is 0.695 e. The van der Waals surface area contributed by atoms with Crippen molar-refractivity contribution >= 4 is 54.9 Å². The molecule has 1 saturated heterocycles. The van der Waals surface area contributed by atoms with Gasteiger partial charge in [-0.25, -0.2) is 19.3 Å². The molecule has 0 spiro atoms. The number of aromatic nitrogens is 5. The Labute approximate surface area is 368 Å². The van der Waals surface area contributed by atoms with Gasteiger partial charge in [-0.3, -0.25) is 9.32 Å². The number of nitrogens with zero attached hydrogens (tertiary/aromatic N) is 6. The molecule has 0 aromatic carbocycles. The van der Waals surface area contributed by atoms with Crippen LogP contribution in [0.4, 0.5) is 4.39 Å². The molecule has 3 aromatic rings. The zero-order valence-electron chi connectivity index (χ0n) is 36.3. The molecule has 344 valence electrons. The quantitative estimate of drug-likeness (QED) is 0.0601. The first-order valence-electron chi connectivity index (χ1n) is 20.5. The van der Waals surface area contributed by atoms with E-state index < -0.39 is 92.7 Å². The van der Waals surface area contributed by atoms with Gasteiger partial charge < -0.3 is 46.1 Å². The van der Waals surface area contributed by atoms with Crippen molar-refractivity contribution in [2.45, 2.75) is 134 Å². The molecule has 1 unspecified atom stereocenters. The summed E-state index contributed by atoms with van der Waals surface area (Å²) in [5.74, 6) is -1.19. The van der Waals surface area contributed by atoms with Crippen LogP contribution in [0.15, 0.2) is 35.9 Å². The van der Waals surface area contributed by atoms with Crippen molar-refractivity contribution in [3.05, 3.63) is 47.3 Å². The van der Waals surface area contributed by atoms with Gasteiger partial charge in [-0.2, -0.15) is 5.26 Å². The van der Waals surface area contributed by atoms with Gasteiger partial charge in [0.25, 0.3) is 5.56 Å². The topological polar surface area (TPSA) is 241 Å². The number of hydrogen-bond acceptors (Lipinski definition) is 17. The molecule has 2 aliphatic rings. The molecule has 62 heavy (non-hydrogen) atoms. The van der Waals surface area contributed by atoms with E-state index in [-0.39, 0.29) is 65.7 Å². The SMILES string of the molecule is CC(C)[Si](O)(O[Si](O[C@H]1[C@@H](O[P@](=S)(OCCC#N)OC[C@H]2C[C@@H](Oc3ccncn3)C[C@@H]2O[P+](=O)O)[C@H](n2cc(F)c3c(=O)n(C)cnc32)O[C@@H]1CO)(C(C)C)C(C)C)C(C)C. The standard InChI is InChI=1S/C37H57FN6O13P2SSi2/c1-22(2)61(49,23(3)4)57-62(24(5)6,25(7)8)56-33-30(18-45)53-37(44-17-28(38)32-35(44)42-21-43(9)36(32)46)34(33)55-59(60,50-14-10-12-39)51-19-26-15-27(16-29(26)54-58(47)48)52-31-11-13-40-20-41-31/h11,13,17,20-27,29-30,33-34,37,45,49H,10,14-16,18-19H2,1-9H3/p+1/t26-,27-,29+,30-,33-,34-,37-,59+/m1/s1. The molecule has 2 fully saturated rings. The maximum atomic E-state index is 15.8. The maximum absolute atomic E-state index is 15.8. The summed E-state index contributed by atoms with van der Waals surface area (Å²) in [5, 5.41) is 20.1. The third-order valence-electron chi connectivity index (χ3n) is 11.3. The van der Waals surface area contributed by atoms with Crippen molar-refractivity contribution < 1.29 is 59.9 Å². The average Bonchev–Trinajstić information content (AvgIpc) is 3.86. The highest BCUT2D eigenvalue weighted by atomic mass is 32.5. The second-order valence-corrected chi connectivity index (χ2v) is 29.0. The smallest absolute Gasteiger partial charge is 0.474 e. The monoisotopic (exact) mass is 963 g/mol. The lowest BCUT2D eigenvalue weighted by Crippen LogP contribution is -2.62. The van der Waals surface area contributed by atoms with E-state index in [1.807, 2.05) is 61.5 Å². The van der Waals surface area contributed by atoms with Gasteiger partial charge in [-0.1, -0.05) is 55.4 Å². The van der Waals surface area contributed by atoms with Gasteiger partial charge >= 0.3 is 32.1 Å². The Morgan fingerprint density at radius 1 is 1.10 bits per heavy atom. The summed E-state index contributed by atoms with van der Waals surface area (Å²) in [4.78, 5) is 47.6. The number of aryl methyl sites for hydroxylation is 1. The van der Waals surface area contributed by atoms with Crippen LogP contribution in [0.25, 0.3) is 11.0 Å². The van der Waals surface area contributed by atoms with E-state index in [4.69, 9.17) is 47.9 Å². The fourth-order valence-electron chi connectivity index (χ4n) is 7.99. The molecule has 3 N–H and O–H groups in total. The summed E-state index contributed by atoms with van der Waals surface area (Å²) in [6.07, 6.45) is -1.03. The second-order valence-electron chi connectivity index (χ2n) is 16.7. The summed E-state index contributed by atoms with van der Waals surface area (Å²) >= 11 is 6.08. The molecule has 9 atom stereocenters. The van der Waals surface area contributed by atoms with Crippen LogP contribution in [0.5, 0.6) is 5.88 Å². The molecule has 0 amide bonds. The van der Waals surface area contributed by atoms with Crippen LogP contribution in [-0.2, 0) is 54.8 Å². The highest BCUT2D eigenvalue weighted by Crippen LogP contribution is 2.57. The van der Waals surface area contributed by atoms with Crippen LogP contribution in [-0.4, -0.2) is 106 Å². The number of hydrogen-bond donors (Lipinski definition) is 3. The van der Waals surface area contributed by atoms with E-state index in [9.17, 15) is 29.4 Å². The first-order chi connectivity index (χ1) is 29.2. The van der Waals surface area contributed by atoms with Gasteiger partial charge in [-0.05, 0) is 40.4 Å². The summed E-state index contributed by atoms with van der Waals surface area (Å²) < 4.78 is 81.6. The van der Waals surface area contributed by atoms with Crippen LogP contribution >= 0.6 is 15.0 Å². The Bertz CT molecular complexity index is 2140. The highest BCUT2D eigenvalue weighted by molar-refractivity contribution is 8.07. The third-order valence-corrected chi connectivity index (χ3v) is 23.9. The minimum Gasteiger partial charge on any atom is -0.474 e. The van der Waals surface area contributed by atoms with Crippen LogP contribution in [0.2, 0.25) is 22.2 Å². The number of aliphatic hydroxyl groups excluding tert-OH is 1. The molecule has 25 heteroatoms. The molecular formula is C37H58FN6O13P2SSi2+. The van der Waals surface area contributed by atoms with E-state index in [0.29, 0.717) is 5.88 Å². The summed E-state index contributed by atoms with van der Waals surface area (Å²) in [5.41, 5.74) is -1.79. The molecule has 0 radical (unpaired) electrons. The minimum absolute atomic E-state index is 0.0891. The van der Waals surface area contributed by atoms with Crippen molar-refractivity contribution in [1.82, 2.24) is 24.1 Å². The molecule has 3 aromatic heterocycles. The minimum atomic E-state index is -4.06. The number of halogens is 1. The summed E-state index contributed by atoms with van der Waals surface area (Å²) in [6, 6.07) is 3.58. The largest absolute Gasteiger partial charge is 0.695 e. The Kier molecular flexibility index (Phi) is 17.3. The summed E-state index contributed by atoms with van der Waals surface area (Å²) in [7, 11) is -8.76. The molecule has 19 nitrogen and oxygen atoms in total. The lowest BCUT2D eigenvalue weighted by Gasteiger charge is -2.47. The molecule has 1 aliphatic carbocycles. The van der Waals surface area contributed by atoms with Gasteiger partial charge in [0.2, 0.25) is 5.88 Å². The van der Waals surface area contributed by atoms with Gasteiger partial charge in [0.15, 0.2) is 17.7 Å². The number of ether oxygens (including phenoxy) is 2. The van der Waals surface area contributed by atoms with E-state index in [1.54, 1.807) is 6.07 Å². The van der Waals surface area contributed by atoms with Gasteiger partial charge in [-0.15, -0.1) is 9.42 Å². The second kappa shape index (κ2) is 21.2. The fourth-order valence-corrected chi connectivity index (χ4v) is 20.5. The van der Waals surface area contributed by atoms with Gasteiger partial charge in [0.05, 0.1) is 38.6 Å². The predicted octanol–water partition coefficient (Wildman–Crippen LogP) is 5.92. The van der Waals surface area contributed by atoms with Crippen LogP contribution in [0, 0.1) is 23.1 Å². The van der Waals surface area contributed by atoms with Crippen molar-refractivity contribution in [2.24, 2.45) is 13.0 Å². The Morgan fingerprint density at radius 3 is 2.37 bits per heavy atom. The zero-order chi connectivity index (χ0) is 45.7. The van der Waals surface area contributed by atoms with E-state index >= 15 is 4.39 Å². The van der Waals surface area contributed by atoms with Gasteiger partial charge in [0.1, 0.15) is 42.2 Å². The first kappa shape index (κ1) is 50.5. The number of rotatable bonds is 22. The van der Waals surface area contributed by atoms with E-state index in [2.05, 4.69) is 15.0 Å². The summed E-state index contributed by atoms with van der Waals surface area (Å²) in [6.45, 7) is 10.2. The third kappa shape index (κ3) is 11.1. The van der Waals surface area contributed by atoms with Crippen molar-refractivity contribution in [2.75, 3.05) is 19.8 Å². The van der Waals surface area contributed by atoms with Crippen LogP contribution in [0.1, 0.15) is 80.9 Å². The van der Waals surface area contributed by atoms with Gasteiger partial charge in [0, 0.05) is 42.4 Å². The number of nitriles is 1. The highest BCUT2D eigenvalue weighted by Gasteiger charge is 2.60. The Hall–Kier alpha value is -2.50. The van der Waals surface area contributed by atoms with Crippen molar-refractivity contribution in [3.8, 4) is 11.9 Å². The molecule has 0 bridgehead atoms. The Morgan fingerprint density at radius 2 is 1.79 bits per heavy atom. The lowest BCUT2D eigenvalue weighted by molar-refractivity contribution is -0.0508. The normalized spacial score (nSPS) is 24.7. The molecule has 4 heterocycles.